The summed E-state index contributed by atoms with van der Waals surface area (Å²) in [6.45, 7) is 4.38. The van der Waals surface area contributed by atoms with Crippen LogP contribution >= 0.6 is 0 Å². The van der Waals surface area contributed by atoms with Crippen LogP contribution in [0.25, 0.3) is 11.0 Å². The molecule has 0 saturated heterocycles. The fraction of sp³-hybridized carbons (Fsp3) is 0.222. The molecule has 23 heavy (non-hydrogen) atoms. The highest BCUT2D eigenvalue weighted by Gasteiger charge is 2.17. The van der Waals surface area contributed by atoms with Crippen molar-refractivity contribution >= 4 is 16.9 Å². The van der Waals surface area contributed by atoms with Crippen LogP contribution in [-0.2, 0) is 0 Å². The molecule has 1 N–H and O–H groups in total. The maximum absolute atomic E-state index is 12.2. The Hall–Kier alpha value is -2.82. The van der Waals surface area contributed by atoms with Gasteiger partial charge in [-0.25, -0.2) is 0 Å². The second-order valence-electron chi connectivity index (χ2n) is 5.19. The van der Waals surface area contributed by atoms with Gasteiger partial charge in [0.25, 0.3) is 5.91 Å². The van der Waals surface area contributed by atoms with E-state index < -0.39 is 0 Å². The van der Waals surface area contributed by atoms with Crippen LogP contribution in [0.15, 0.2) is 53.2 Å². The predicted octanol–water partition coefficient (Wildman–Crippen LogP) is 3.72. The van der Waals surface area contributed by atoms with Gasteiger partial charge in [0.05, 0.1) is 18.2 Å². The van der Waals surface area contributed by atoms with Crippen LogP contribution in [0.1, 0.15) is 36.0 Å². The molecule has 0 aliphatic carbocycles. The van der Waals surface area contributed by atoms with Crippen molar-refractivity contribution in [3.8, 4) is 5.75 Å². The molecule has 1 amide bonds. The van der Waals surface area contributed by atoms with Gasteiger partial charge in [-0.2, -0.15) is 0 Å². The fourth-order valence-electron chi connectivity index (χ4n) is 2.39. The summed E-state index contributed by atoms with van der Waals surface area (Å²) in [5, 5.41) is 3.86. The summed E-state index contributed by atoms with van der Waals surface area (Å²) in [5.41, 5.74) is 1.22. The predicted molar refractivity (Wildman–Crippen MR) is 87.5 cm³/mol. The van der Waals surface area contributed by atoms with Crippen molar-refractivity contribution in [2.24, 2.45) is 0 Å². The molecular weight excluding hydrogens is 292 g/mol. The Morgan fingerprint density at radius 2 is 2.22 bits per heavy atom. The van der Waals surface area contributed by atoms with E-state index in [-0.39, 0.29) is 11.9 Å². The number of pyridine rings is 1. The van der Waals surface area contributed by atoms with E-state index in [0.717, 1.165) is 5.39 Å². The lowest BCUT2D eigenvalue weighted by molar-refractivity contribution is 0.0935. The third-order valence-corrected chi connectivity index (χ3v) is 3.52. The number of nitrogens with one attached hydrogen (secondary N) is 1. The average Bonchev–Trinajstić information content (AvgIpc) is 3.01. The Bertz CT molecular complexity index is 812. The zero-order valence-electron chi connectivity index (χ0n) is 13.1. The number of ether oxygens (including phenoxy) is 1. The van der Waals surface area contributed by atoms with Gasteiger partial charge in [0.1, 0.15) is 5.76 Å². The number of rotatable bonds is 5. The van der Waals surface area contributed by atoms with Crippen LogP contribution in [0.5, 0.6) is 5.75 Å². The van der Waals surface area contributed by atoms with Crippen LogP contribution < -0.4 is 10.1 Å². The molecule has 2 heterocycles. The Kier molecular flexibility index (Phi) is 4.28. The van der Waals surface area contributed by atoms with Crippen molar-refractivity contribution in [1.82, 2.24) is 10.3 Å². The highest BCUT2D eigenvalue weighted by Crippen LogP contribution is 2.31. The van der Waals surface area contributed by atoms with Gasteiger partial charge in [0.2, 0.25) is 0 Å². The second kappa shape index (κ2) is 6.52. The molecular formula is C18H18N2O3. The van der Waals surface area contributed by atoms with Gasteiger partial charge < -0.3 is 14.5 Å². The largest absolute Gasteiger partial charge is 0.490 e. The van der Waals surface area contributed by atoms with Gasteiger partial charge in [-0.1, -0.05) is 12.1 Å². The molecule has 0 aliphatic rings. The molecule has 1 atom stereocenters. The summed E-state index contributed by atoms with van der Waals surface area (Å²) in [6.07, 6.45) is 3.17. The van der Waals surface area contributed by atoms with E-state index in [2.05, 4.69) is 10.3 Å². The zero-order chi connectivity index (χ0) is 16.2. The number of aromatic nitrogens is 1. The van der Waals surface area contributed by atoms with Gasteiger partial charge in [-0.3, -0.25) is 9.78 Å². The number of hydrogen-bond donors (Lipinski definition) is 1. The lowest BCUT2D eigenvalue weighted by Gasteiger charge is -2.11. The molecule has 0 bridgehead atoms. The molecule has 0 aliphatic heterocycles. The monoisotopic (exact) mass is 310 g/mol. The van der Waals surface area contributed by atoms with E-state index in [9.17, 15) is 4.79 Å². The summed E-state index contributed by atoms with van der Waals surface area (Å²) in [4.78, 5) is 16.1. The lowest BCUT2D eigenvalue weighted by Crippen LogP contribution is -2.26. The number of nitrogens with zero attached hydrogens (tertiary/aromatic N) is 1. The SMILES string of the molecule is CCOc1cccc2cc(C(C)NC(=O)c3cccnc3)oc12. The van der Waals surface area contributed by atoms with E-state index in [0.29, 0.717) is 29.3 Å². The molecule has 118 valence electrons. The number of benzene rings is 1. The third kappa shape index (κ3) is 3.18. The molecule has 0 fully saturated rings. The minimum absolute atomic E-state index is 0.184. The number of para-hydroxylation sites is 1. The van der Waals surface area contributed by atoms with Gasteiger partial charge >= 0.3 is 0 Å². The molecule has 0 saturated carbocycles. The number of amides is 1. The Morgan fingerprint density at radius 1 is 1.35 bits per heavy atom. The lowest BCUT2D eigenvalue weighted by atomic mass is 10.2. The molecule has 5 nitrogen and oxygen atoms in total. The molecule has 0 radical (unpaired) electrons. The first kappa shape index (κ1) is 15.1. The van der Waals surface area contributed by atoms with E-state index >= 15 is 0 Å². The van der Waals surface area contributed by atoms with Crippen molar-refractivity contribution in [2.45, 2.75) is 19.9 Å². The highest BCUT2D eigenvalue weighted by molar-refractivity contribution is 5.94. The minimum atomic E-state index is -0.260. The van der Waals surface area contributed by atoms with Gasteiger partial charge in [0.15, 0.2) is 11.3 Å². The maximum atomic E-state index is 12.2. The van der Waals surface area contributed by atoms with Gasteiger partial charge in [0, 0.05) is 17.8 Å². The highest BCUT2D eigenvalue weighted by atomic mass is 16.5. The number of carbonyl (C=O) groups is 1. The third-order valence-electron chi connectivity index (χ3n) is 3.52. The first-order valence-corrected chi connectivity index (χ1v) is 7.55. The van der Waals surface area contributed by atoms with E-state index in [1.807, 2.05) is 38.1 Å². The van der Waals surface area contributed by atoms with E-state index in [4.69, 9.17) is 9.15 Å². The van der Waals surface area contributed by atoms with Crippen molar-refractivity contribution in [1.29, 1.82) is 0 Å². The minimum Gasteiger partial charge on any atom is -0.490 e. The topological polar surface area (TPSA) is 64.4 Å². The molecule has 3 aromatic rings. The zero-order valence-corrected chi connectivity index (χ0v) is 13.1. The molecule has 1 aromatic carbocycles. The van der Waals surface area contributed by atoms with Gasteiger partial charge in [-0.15, -0.1) is 0 Å². The number of fused-ring (bicyclic) bond motifs is 1. The van der Waals surface area contributed by atoms with Gasteiger partial charge in [-0.05, 0) is 38.1 Å². The molecule has 0 spiro atoms. The van der Waals surface area contributed by atoms with E-state index in [1.54, 1.807) is 18.3 Å². The molecule has 1 unspecified atom stereocenters. The standard InChI is InChI=1S/C18H18N2O3/c1-3-22-15-8-4-6-13-10-16(23-17(13)15)12(2)20-18(21)14-7-5-9-19-11-14/h4-12H,3H2,1-2H3,(H,20,21). The van der Waals surface area contributed by atoms with Crippen LogP contribution in [0.2, 0.25) is 0 Å². The van der Waals surface area contributed by atoms with Crippen LogP contribution in [0.4, 0.5) is 0 Å². The summed E-state index contributed by atoms with van der Waals surface area (Å²) in [6, 6.07) is 10.9. The number of furan rings is 1. The smallest absolute Gasteiger partial charge is 0.253 e. The number of carbonyl (C=O) groups excluding carboxylic acids is 1. The Morgan fingerprint density at radius 3 is 2.96 bits per heavy atom. The van der Waals surface area contributed by atoms with Crippen molar-refractivity contribution in [2.75, 3.05) is 6.61 Å². The summed E-state index contributed by atoms with van der Waals surface area (Å²) < 4.78 is 11.5. The van der Waals surface area contributed by atoms with Crippen LogP contribution in [-0.4, -0.2) is 17.5 Å². The Labute approximate surface area is 134 Å². The summed E-state index contributed by atoms with van der Waals surface area (Å²) >= 11 is 0. The molecule has 2 aromatic heterocycles. The quantitative estimate of drug-likeness (QED) is 0.780. The van der Waals surface area contributed by atoms with Crippen LogP contribution in [0.3, 0.4) is 0 Å². The normalized spacial score (nSPS) is 12.1. The molecule has 5 heteroatoms. The van der Waals surface area contributed by atoms with Crippen molar-refractivity contribution in [3.63, 3.8) is 0 Å². The Balaban J connectivity index is 1.82. The molecule has 3 rings (SSSR count). The fourth-order valence-corrected chi connectivity index (χ4v) is 2.39. The first-order valence-electron chi connectivity index (χ1n) is 7.55. The second-order valence-corrected chi connectivity index (χ2v) is 5.19. The summed E-state index contributed by atoms with van der Waals surface area (Å²) in [7, 11) is 0. The average molecular weight is 310 g/mol. The number of hydrogen-bond acceptors (Lipinski definition) is 4. The van der Waals surface area contributed by atoms with Crippen LogP contribution in [0, 0.1) is 0 Å². The van der Waals surface area contributed by atoms with E-state index in [1.165, 1.54) is 6.20 Å². The van der Waals surface area contributed by atoms with Crippen molar-refractivity contribution < 1.29 is 13.9 Å². The van der Waals surface area contributed by atoms with Crippen molar-refractivity contribution in [3.05, 3.63) is 60.1 Å². The first-order chi connectivity index (χ1) is 11.2. The maximum Gasteiger partial charge on any atom is 0.253 e. The summed E-state index contributed by atoms with van der Waals surface area (Å²) in [5.74, 6) is 1.21.